The molecule has 2 aliphatic rings. The van der Waals surface area contributed by atoms with Gasteiger partial charge in [-0.15, -0.1) is 0 Å². The zero-order valence-electron chi connectivity index (χ0n) is 11.8. The monoisotopic (exact) mass is 298 g/mol. The Balaban J connectivity index is 1.80. The van der Waals surface area contributed by atoms with Gasteiger partial charge in [-0.1, -0.05) is 0 Å². The molecule has 4 nitrogen and oxygen atoms in total. The van der Waals surface area contributed by atoms with Crippen LogP contribution in [0.25, 0.3) is 0 Å². The molecule has 0 radical (unpaired) electrons. The van der Waals surface area contributed by atoms with Crippen molar-refractivity contribution >= 4 is 5.69 Å². The van der Waals surface area contributed by atoms with Crippen molar-refractivity contribution < 1.29 is 18.6 Å². The molecular weight excluding hydrogens is 278 g/mol. The quantitative estimate of drug-likeness (QED) is 0.863. The molecule has 2 N–H and O–H groups in total. The fraction of sp³-hybridized carbons (Fsp3) is 0.600. The molecule has 0 bridgehead atoms. The Morgan fingerprint density at radius 3 is 2.62 bits per heavy atom. The zero-order chi connectivity index (χ0) is 14.8. The minimum Gasteiger partial charge on any atom is -0.394 e. The van der Waals surface area contributed by atoms with Crippen LogP contribution in [0.3, 0.4) is 0 Å². The van der Waals surface area contributed by atoms with E-state index >= 15 is 0 Å². The molecule has 0 spiro atoms. The standard InChI is InChI=1S/C15H20F2N2O2/c16-13-5-10(7-18-11-1-2-11)6-14(17)15(13)19-3-4-21-9-12(19)8-20/h5-6,11-12,18,20H,1-4,7-9H2. The number of aliphatic hydroxyl groups excluding tert-OH is 1. The van der Waals surface area contributed by atoms with E-state index in [2.05, 4.69) is 5.32 Å². The third-order valence-corrected chi connectivity index (χ3v) is 3.97. The summed E-state index contributed by atoms with van der Waals surface area (Å²) in [5.41, 5.74) is 0.543. The van der Waals surface area contributed by atoms with Gasteiger partial charge in [-0.3, -0.25) is 0 Å². The van der Waals surface area contributed by atoms with Gasteiger partial charge in [-0.05, 0) is 30.5 Å². The lowest BCUT2D eigenvalue weighted by Gasteiger charge is -2.36. The third-order valence-electron chi connectivity index (χ3n) is 3.97. The van der Waals surface area contributed by atoms with Crippen molar-refractivity contribution in [3.8, 4) is 0 Å². The van der Waals surface area contributed by atoms with Crippen molar-refractivity contribution in [1.82, 2.24) is 5.32 Å². The van der Waals surface area contributed by atoms with Crippen molar-refractivity contribution in [2.75, 3.05) is 31.3 Å². The molecule has 6 heteroatoms. The van der Waals surface area contributed by atoms with Crippen molar-refractivity contribution in [1.29, 1.82) is 0 Å². The highest BCUT2D eigenvalue weighted by Gasteiger charge is 2.28. The summed E-state index contributed by atoms with van der Waals surface area (Å²) in [7, 11) is 0. The molecule has 1 saturated heterocycles. The lowest BCUT2D eigenvalue weighted by Crippen LogP contribution is -2.48. The van der Waals surface area contributed by atoms with Crippen LogP contribution in [0.4, 0.5) is 14.5 Å². The van der Waals surface area contributed by atoms with Crippen LogP contribution < -0.4 is 10.2 Å². The maximum Gasteiger partial charge on any atom is 0.149 e. The zero-order valence-corrected chi connectivity index (χ0v) is 11.8. The number of anilines is 1. The first-order valence-electron chi connectivity index (χ1n) is 7.35. The second kappa shape index (κ2) is 6.25. The first kappa shape index (κ1) is 14.7. The van der Waals surface area contributed by atoms with Gasteiger partial charge in [0, 0.05) is 19.1 Å². The van der Waals surface area contributed by atoms with Gasteiger partial charge in [0.2, 0.25) is 0 Å². The van der Waals surface area contributed by atoms with E-state index in [-0.39, 0.29) is 18.9 Å². The number of aliphatic hydroxyl groups is 1. The maximum atomic E-state index is 14.3. The van der Waals surface area contributed by atoms with Crippen LogP contribution in [0.5, 0.6) is 0 Å². The van der Waals surface area contributed by atoms with Gasteiger partial charge >= 0.3 is 0 Å². The van der Waals surface area contributed by atoms with E-state index < -0.39 is 17.7 Å². The van der Waals surface area contributed by atoms with Crippen LogP contribution in [-0.2, 0) is 11.3 Å². The van der Waals surface area contributed by atoms with Crippen LogP contribution in [0, 0.1) is 11.6 Å². The van der Waals surface area contributed by atoms with E-state index in [0.29, 0.717) is 31.3 Å². The largest absolute Gasteiger partial charge is 0.394 e. The molecule has 0 aromatic heterocycles. The summed E-state index contributed by atoms with van der Waals surface area (Å²) in [4.78, 5) is 1.56. The number of benzene rings is 1. The van der Waals surface area contributed by atoms with Crippen LogP contribution in [0.2, 0.25) is 0 Å². The average Bonchev–Trinajstić information content (AvgIpc) is 3.29. The molecule has 1 aliphatic carbocycles. The highest BCUT2D eigenvalue weighted by molar-refractivity contribution is 5.52. The summed E-state index contributed by atoms with van der Waals surface area (Å²) in [5, 5.41) is 12.6. The molecule has 116 valence electrons. The van der Waals surface area contributed by atoms with Gasteiger partial charge in [-0.25, -0.2) is 8.78 Å². The SMILES string of the molecule is OCC1COCCN1c1c(F)cc(CNC2CC2)cc1F. The molecule has 2 fully saturated rings. The fourth-order valence-corrected chi connectivity index (χ4v) is 2.64. The second-order valence-corrected chi connectivity index (χ2v) is 5.67. The Kier molecular flexibility index (Phi) is 4.37. The molecule has 1 heterocycles. The van der Waals surface area contributed by atoms with Gasteiger partial charge in [0.15, 0.2) is 0 Å². The number of hydrogen-bond acceptors (Lipinski definition) is 4. The van der Waals surface area contributed by atoms with E-state index in [9.17, 15) is 13.9 Å². The van der Waals surface area contributed by atoms with Crippen LogP contribution in [0.1, 0.15) is 18.4 Å². The predicted molar refractivity (Wildman–Crippen MR) is 75.3 cm³/mol. The maximum absolute atomic E-state index is 14.3. The molecular formula is C15H20F2N2O2. The second-order valence-electron chi connectivity index (χ2n) is 5.67. The fourth-order valence-electron chi connectivity index (χ4n) is 2.64. The third kappa shape index (κ3) is 3.33. The topological polar surface area (TPSA) is 44.7 Å². The Bertz CT molecular complexity index is 485. The van der Waals surface area contributed by atoms with Gasteiger partial charge in [0.05, 0.1) is 25.9 Å². The number of halogens is 2. The van der Waals surface area contributed by atoms with Gasteiger partial charge in [0.1, 0.15) is 17.3 Å². The Morgan fingerprint density at radius 2 is 2.00 bits per heavy atom. The normalized spacial score (nSPS) is 22.6. The van der Waals surface area contributed by atoms with Gasteiger partial charge < -0.3 is 20.1 Å². The minimum atomic E-state index is -0.581. The summed E-state index contributed by atoms with van der Waals surface area (Å²) < 4.78 is 33.9. The summed E-state index contributed by atoms with van der Waals surface area (Å²) in [5.74, 6) is -1.16. The molecule has 1 aromatic carbocycles. The highest BCUT2D eigenvalue weighted by Crippen LogP contribution is 2.28. The van der Waals surface area contributed by atoms with Gasteiger partial charge in [0.25, 0.3) is 0 Å². The lowest BCUT2D eigenvalue weighted by atomic mass is 10.1. The summed E-state index contributed by atoms with van der Waals surface area (Å²) in [6.07, 6.45) is 2.27. The summed E-state index contributed by atoms with van der Waals surface area (Å²) in [6, 6.07) is 2.84. The molecule has 1 atom stereocenters. The molecule has 1 unspecified atom stereocenters. The number of ether oxygens (including phenoxy) is 1. The van der Waals surface area contributed by atoms with Crippen molar-refractivity contribution in [2.45, 2.75) is 31.5 Å². The molecule has 1 aliphatic heterocycles. The first-order valence-corrected chi connectivity index (χ1v) is 7.35. The van der Waals surface area contributed by atoms with E-state index in [1.165, 1.54) is 12.1 Å². The van der Waals surface area contributed by atoms with E-state index in [0.717, 1.165) is 12.8 Å². The number of hydrogen-bond donors (Lipinski definition) is 2. The Morgan fingerprint density at radius 1 is 1.29 bits per heavy atom. The van der Waals surface area contributed by atoms with Crippen molar-refractivity contribution in [3.05, 3.63) is 29.3 Å². The van der Waals surface area contributed by atoms with Gasteiger partial charge in [-0.2, -0.15) is 0 Å². The first-order chi connectivity index (χ1) is 10.2. The van der Waals surface area contributed by atoms with Crippen molar-refractivity contribution in [2.24, 2.45) is 0 Å². The van der Waals surface area contributed by atoms with E-state index in [1.807, 2.05) is 0 Å². The van der Waals surface area contributed by atoms with Crippen LogP contribution in [0.15, 0.2) is 12.1 Å². The number of morpholine rings is 1. The van der Waals surface area contributed by atoms with Crippen molar-refractivity contribution in [3.63, 3.8) is 0 Å². The Hall–Kier alpha value is -1.24. The molecule has 21 heavy (non-hydrogen) atoms. The molecule has 1 saturated carbocycles. The summed E-state index contributed by atoms with van der Waals surface area (Å²) in [6.45, 7) is 1.34. The lowest BCUT2D eigenvalue weighted by molar-refractivity contribution is 0.0719. The number of rotatable bonds is 5. The smallest absolute Gasteiger partial charge is 0.149 e. The van der Waals surface area contributed by atoms with Crippen LogP contribution >= 0.6 is 0 Å². The van der Waals surface area contributed by atoms with E-state index in [4.69, 9.17) is 4.74 Å². The number of nitrogens with one attached hydrogen (secondary N) is 1. The molecule has 0 amide bonds. The predicted octanol–water partition coefficient (Wildman–Crippen LogP) is 1.41. The molecule has 1 aromatic rings. The minimum absolute atomic E-state index is 0.0625. The van der Waals surface area contributed by atoms with E-state index in [1.54, 1.807) is 4.90 Å². The molecule has 3 rings (SSSR count). The highest BCUT2D eigenvalue weighted by atomic mass is 19.1. The Labute approximate surface area is 122 Å². The van der Waals surface area contributed by atoms with Crippen LogP contribution in [-0.4, -0.2) is 43.6 Å². The summed E-state index contributed by atoms with van der Waals surface area (Å²) >= 11 is 0. The number of nitrogens with zero attached hydrogens (tertiary/aromatic N) is 1. The average molecular weight is 298 g/mol.